The normalized spacial score (nSPS) is 14.9. The molecule has 6 nitrogen and oxygen atoms in total. The summed E-state index contributed by atoms with van der Waals surface area (Å²) < 4.78 is 5.49. The molecular weight excluding hydrogens is 400 g/mol. The van der Waals surface area contributed by atoms with Gasteiger partial charge in [-0.3, -0.25) is 19.3 Å². The maximum atomic E-state index is 12.7. The highest BCUT2D eigenvalue weighted by molar-refractivity contribution is 8.18. The fourth-order valence-electron chi connectivity index (χ4n) is 2.86. The van der Waals surface area contributed by atoms with E-state index in [2.05, 4.69) is 11.9 Å². The van der Waals surface area contributed by atoms with Gasteiger partial charge in [-0.05, 0) is 66.6 Å². The number of carbonyl (C=O) groups is 3. The first kappa shape index (κ1) is 21.4. The Kier molecular flexibility index (Phi) is 6.74. The number of hydrogen-bond donors (Lipinski definition) is 1. The van der Waals surface area contributed by atoms with Crippen LogP contribution >= 0.6 is 11.8 Å². The van der Waals surface area contributed by atoms with Crippen LogP contribution in [0.5, 0.6) is 5.75 Å². The van der Waals surface area contributed by atoms with E-state index in [1.807, 2.05) is 32.0 Å². The van der Waals surface area contributed by atoms with Gasteiger partial charge in [-0.1, -0.05) is 36.9 Å². The Morgan fingerprint density at radius 2 is 1.97 bits per heavy atom. The third-order valence-electron chi connectivity index (χ3n) is 4.58. The van der Waals surface area contributed by atoms with Gasteiger partial charge in [0, 0.05) is 5.69 Å². The molecule has 0 unspecified atom stereocenters. The number of nitrogens with zero attached hydrogens (tertiary/aromatic N) is 1. The molecule has 0 atom stereocenters. The Bertz CT molecular complexity index is 1050. The largest absolute Gasteiger partial charge is 0.490 e. The fraction of sp³-hybridized carbons (Fsp3) is 0.174. The molecule has 1 heterocycles. The number of carbonyl (C=O) groups excluding carboxylic acids is 3. The Balaban J connectivity index is 1.70. The number of benzene rings is 2. The SMILES string of the molecule is C=CCOc1cccc(/C=C2/SC(=O)N(CC(=O)Nc3cccc(C)c3C)C2=O)c1. The van der Waals surface area contributed by atoms with E-state index in [0.29, 0.717) is 18.0 Å². The molecule has 3 rings (SSSR count). The van der Waals surface area contributed by atoms with Crippen LogP contribution in [0.3, 0.4) is 0 Å². The zero-order valence-corrected chi connectivity index (χ0v) is 17.6. The second-order valence-corrected chi connectivity index (χ2v) is 7.73. The van der Waals surface area contributed by atoms with Crippen molar-refractivity contribution in [1.82, 2.24) is 4.90 Å². The predicted octanol–water partition coefficient (Wildman–Crippen LogP) is 4.54. The highest BCUT2D eigenvalue weighted by atomic mass is 32.2. The summed E-state index contributed by atoms with van der Waals surface area (Å²) in [5.74, 6) is -0.276. The number of aryl methyl sites for hydroxylation is 1. The van der Waals surface area contributed by atoms with Crippen molar-refractivity contribution in [2.75, 3.05) is 18.5 Å². The minimum absolute atomic E-state index is 0.264. The monoisotopic (exact) mass is 422 g/mol. The van der Waals surface area contributed by atoms with Gasteiger partial charge in [0.2, 0.25) is 5.91 Å². The molecule has 0 bridgehead atoms. The maximum absolute atomic E-state index is 12.7. The van der Waals surface area contributed by atoms with Crippen molar-refractivity contribution in [3.8, 4) is 5.75 Å². The van der Waals surface area contributed by atoms with Gasteiger partial charge in [-0.25, -0.2) is 0 Å². The Hall–Kier alpha value is -3.32. The molecule has 0 aliphatic carbocycles. The van der Waals surface area contributed by atoms with Crippen LogP contribution in [0.1, 0.15) is 16.7 Å². The number of thioether (sulfide) groups is 1. The van der Waals surface area contributed by atoms with E-state index in [1.165, 1.54) is 0 Å². The molecule has 0 spiro atoms. The second kappa shape index (κ2) is 9.45. The number of rotatable bonds is 7. The zero-order chi connectivity index (χ0) is 21.7. The highest BCUT2D eigenvalue weighted by Crippen LogP contribution is 2.32. The van der Waals surface area contributed by atoms with Crippen LogP contribution in [-0.4, -0.2) is 35.1 Å². The van der Waals surface area contributed by atoms with Crippen LogP contribution in [0.25, 0.3) is 6.08 Å². The predicted molar refractivity (Wildman–Crippen MR) is 119 cm³/mol. The zero-order valence-electron chi connectivity index (χ0n) is 16.8. The summed E-state index contributed by atoms with van der Waals surface area (Å²) in [4.78, 5) is 38.6. The third-order valence-corrected chi connectivity index (χ3v) is 5.49. The summed E-state index contributed by atoms with van der Waals surface area (Å²) in [7, 11) is 0. The summed E-state index contributed by atoms with van der Waals surface area (Å²) in [6.07, 6.45) is 3.26. The van der Waals surface area contributed by atoms with Crippen molar-refractivity contribution < 1.29 is 19.1 Å². The van der Waals surface area contributed by atoms with Crippen molar-refractivity contribution in [2.45, 2.75) is 13.8 Å². The summed E-state index contributed by atoms with van der Waals surface area (Å²) in [6.45, 7) is 7.49. The van der Waals surface area contributed by atoms with E-state index in [1.54, 1.807) is 36.4 Å². The Labute approximate surface area is 179 Å². The molecule has 1 saturated heterocycles. The Morgan fingerprint density at radius 1 is 1.20 bits per heavy atom. The van der Waals surface area contributed by atoms with Gasteiger partial charge < -0.3 is 10.1 Å². The number of hydrogen-bond acceptors (Lipinski definition) is 5. The average molecular weight is 423 g/mol. The van der Waals surface area contributed by atoms with Gasteiger partial charge in [-0.2, -0.15) is 0 Å². The first-order chi connectivity index (χ1) is 14.4. The number of nitrogens with one attached hydrogen (secondary N) is 1. The quantitative estimate of drug-likeness (QED) is 0.524. The maximum Gasteiger partial charge on any atom is 0.294 e. The molecule has 1 fully saturated rings. The molecule has 2 aromatic rings. The molecule has 0 aromatic heterocycles. The van der Waals surface area contributed by atoms with Crippen LogP contribution in [0.15, 0.2) is 60.0 Å². The summed E-state index contributed by atoms with van der Waals surface area (Å²) in [6, 6.07) is 12.7. The Morgan fingerprint density at radius 3 is 2.73 bits per heavy atom. The van der Waals surface area contributed by atoms with Crippen LogP contribution < -0.4 is 10.1 Å². The molecule has 0 saturated carbocycles. The van der Waals surface area contributed by atoms with Gasteiger partial charge in [0.25, 0.3) is 11.1 Å². The molecular formula is C23H22N2O4S. The molecule has 1 aliphatic rings. The van der Waals surface area contributed by atoms with E-state index in [0.717, 1.165) is 33.4 Å². The number of imide groups is 1. The van der Waals surface area contributed by atoms with Gasteiger partial charge >= 0.3 is 0 Å². The lowest BCUT2D eigenvalue weighted by molar-refractivity contribution is -0.127. The number of anilines is 1. The molecule has 1 N–H and O–H groups in total. The van der Waals surface area contributed by atoms with E-state index < -0.39 is 17.1 Å². The fourth-order valence-corrected chi connectivity index (χ4v) is 3.70. The number of ether oxygens (including phenoxy) is 1. The van der Waals surface area contributed by atoms with Crippen LogP contribution in [0.4, 0.5) is 10.5 Å². The lowest BCUT2D eigenvalue weighted by Crippen LogP contribution is -2.36. The van der Waals surface area contributed by atoms with Crippen molar-refractivity contribution in [3.05, 3.63) is 76.7 Å². The standard InChI is InChI=1S/C23H22N2O4S/c1-4-11-29-18-9-6-8-17(12-18)13-20-22(27)25(23(28)30-20)14-21(26)24-19-10-5-7-15(2)16(19)3/h4-10,12-13H,1,11,14H2,2-3H3,(H,24,26)/b20-13+. The molecule has 1 aliphatic heterocycles. The molecule has 0 radical (unpaired) electrons. The average Bonchev–Trinajstić information content (AvgIpc) is 2.97. The van der Waals surface area contributed by atoms with Gasteiger partial charge in [0.05, 0.1) is 4.91 Å². The second-order valence-electron chi connectivity index (χ2n) is 6.74. The molecule has 7 heteroatoms. The first-order valence-corrected chi connectivity index (χ1v) is 10.2. The first-order valence-electron chi connectivity index (χ1n) is 9.34. The van der Waals surface area contributed by atoms with E-state index in [-0.39, 0.29) is 11.4 Å². The smallest absolute Gasteiger partial charge is 0.294 e. The molecule has 154 valence electrons. The molecule has 3 amide bonds. The topological polar surface area (TPSA) is 75.7 Å². The summed E-state index contributed by atoms with van der Waals surface area (Å²) in [5, 5.41) is 2.30. The van der Waals surface area contributed by atoms with E-state index in [4.69, 9.17) is 4.74 Å². The van der Waals surface area contributed by atoms with Gasteiger partial charge in [0.1, 0.15) is 18.9 Å². The van der Waals surface area contributed by atoms with E-state index in [9.17, 15) is 14.4 Å². The van der Waals surface area contributed by atoms with Crippen LogP contribution in [-0.2, 0) is 9.59 Å². The lowest BCUT2D eigenvalue weighted by Gasteiger charge is -2.14. The molecule has 2 aromatic carbocycles. The lowest BCUT2D eigenvalue weighted by atomic mass is 10.1. The van der Waals surface area contributed by atoms with Crippen molar-refractivity contribution in [3.63, 3.8) is 0 Å². The van der Waals surface area contributed by atoms with Gasteiger partial charge in [0.15, 0.2) is 0 Å². The van der Waals surface area contributed by atoms with Gasteiger partial charge in [-0.15, -0.1) is 0 Å². The third kappa shape index (κ3) is 4.99. The van der Waals surface area contributed by atoms with Crippen molar-refractivity contribution >= 4 is 40.6 Å². The molecule has 30 heavy (non-hydrogen) atoms. The summed E-state index contributed by atoms with van der Waals surface area (Å²) in [5.41, 5.74) is 3.38. The summed E-state index contributed by atoms with van der Waals surface area (Å²) >= 11 is 0.816. The minimum atomic E-state index is -0.487. The van der Waals surface area contributed by atoms with Crippen molar-refractivity contribution in [1.29, 1.82) is 0 Å². The van der Waals surface area contributed by atoms with Crippen LogP contribution in [0, 0.1) is 13.8 Å². The number of amides is 3. The highest BCUT2D eigenvalue weighted by Gasteiger charge is 2.36. The minimum Gasteiger partial charge on any atom is -0.490 e. The van der Waals surface area contributed by atoms with Crippen molar-refractivity contribution in [2.24, 2.45) is 0 Å². The van der Waals surface area contributed by atoms with Crippen LogP contribution in [0.2, 0.25) is 0 Å². The van der Waals surface area contributed by atoms with E-state index >= 15 is 0 Å².